The highest BCUT2D eigenvalue weighted by Gasteiger charge is 2.32. The second kappa shape index (κ2) is 13.4. The maximum absolute atomic E-state index is 6.99. The van der Waals surface area contributed by atoms with Gasteiger partial charge in [-0.25, -0.2) is 9.67 Å². The van der Waals surface area contributed by atoms with Gasteiger partial charge in [-0.05, 0) is 83.5 Å². The van der Waals surface area contributed by atoms with E-state index in [1.165, 1.54) is 22.4 Å². The number of hydrogen-bond donors (Lipinski definition) is 0. The summed E-state index contributed by atoms with van der Waals surface area (Å²) < 4.78 is 11.3. The largest absolute Gasteiger partial charge is 0.456 e. The second-order valence-electron chi connectivity index (χ2n) is 17.7. The van der Waals surface area contributed by atoms with Crippen molar-refractivity contribution in [2.24, 2.45) is 0 Å². The molecule has 0 bridgehead atoms. The number of aryl methyl sites for hydroxylation is 1. The average molecular weight is 696 g/mol. The molecule has 4 aromatic heterocycles. The quantitative estimate of drug-likeness (QED) is 0.159. The van der Waals surface area contributed by atoms with Crippen molar-refractivity contribution < 1.29 is 4.74 Å². The van der Waals surface area contributed by atoms with E-state index >= 15 is 0 Å². The molecule has 0 saturated carbocycles. The maximum atomic E-state index is 6.99. The van der Waals surface area contributed by atoms with Gasteiger partial charge < -0.3 is 4.74 Å². The lowest BCUT2D eigenvalue weighted by Gasteiger charge is -2.28. The van der Waals surface area contributed by atoms with Gasteiger partial charge in [-0.3, -0.25) is 9.38 Å². The third kappa shape index (κ3) is 6.92. The third-order valence-corrected chi connectivity index (χ3v) is 10.4. The van der Waals surface area contributed by atoms with Crippen LogP contribution in [0.5, 0.6) is 11.5 Å². The molecule has 0 fully saturated rings. The molecule has 0 spiro atoms. The Morgan fingerprint density at radius 2 is 1.38 bits per heavy atom. The molecule has 0 saturated heterocycles. The molecule has 6 heteroatoms. The molecule has 0 unspecified atom stereocenters. The van der Waals surface area contributed by atoms with Crippen molar-refractivity contribution in [2.75, 3.05) is 0 Å². The minimum absolute atomic E-state index is 0.0000897. The van der Waals surface area contributed by atoms with E-state index in [0.717, 1.165) is 56.7 Å². The Morgan fingerprint density at radius 3 is 2.00 bits per heavy atom. The summed E-state index contributed by atoms with van der Waals surface area (Å²) in [5.41, 5.74) is 12.6. The van der Waals surface area contributed by atoms with Gasteiger partial charge in [0.25, 0.3) is 0 Å². The summed E-state index contributed by atoms with van der Waals surface area (Å²) in [6.07, 6.45) is 4.07. The number of fused-ring (bicyclic) bond motifs is 1. The minimum atomic E-state index is -0.467. The van der Waals surface area contributed by atoms with E-state index < -0.39 is 5.41 Å². The van der Waals surface area contributed by atoms with Gasteiger partial charge in [0, 0.05) is 40.2 Å². The fraction of sp³-hybridized carbons (Fsp3) is 0.413. The summed E-state index contributed by atoms with van der Waals surface area (Å²) in [6, 6.07) is 23.6. The number of ether oxygens (including phenoxy) is 1. The first-order valence-corrected chi connectivity index (χ1v) is 18.8. The lowest BCUT2D eigenvalue weighted by atomic mass is 9.79. The van der Waals surface area contributed by atoms with Crippen LogP contribution in [-0.4, -0.2) is 24.1 Å². The molecule has 6 aromatic rings. The van der Waals surface area contributed by atoms with Gasteiger partial charge in [-0.1, -0.05) is 113 Å². The predicted octanol–water partition coefficient (Wildman–Crippen LogP) is 12.2. The van der Waals surface area contributed by atoms with E-state index in [-0.39, 0.29) is 22.7 Å². The molecular weight excluding hydrogens is 639 g/mol. The lowest BCUT2D eigenvalue weighted by Crippen LogP contribution is -2.23. The molecule has 0 aliphatic heterocycles. The zero-order valence-electron chi connectivity index (χ0n) is 33.8. The molecule has 0 aliphatic rings. The van der Waals surface area contributed by atoms with E-state index in [9.17, 15) is 0 Å². The van der Waals surface area contributed by atoms with Crippen LogP contribution in [0.25, 0.3) is 22.5 Å². The van der Waals surface area contributed by atoms with E-state index in [4.69, 9.17) is 19.8 Å². The molecular formula is C46H57N5O. The number of pyridine rings is 2. The van der Waals surface area contributed by atoms with Crippen molar-refractivity contribution >= 4 is 5.65 Å². The molecule has 0 atom stereocenters. The van der Waals surface area contributed by atoms with Crippen molar-refractivity contribution in [1.82, 2.24) is 24.1 Å². The number of rotatable bonds is 8. The zero-order valence-corrected chi connectivity index (χ0v) is 33.8. The van der Waals surface area contributed by atoms with E-state index in [2.05, 4.69) is 179 Å². The molecule has 4 heterocycles. The van der Waals surface area contributed by atoms with Crippen molar-refractivity contribution in [3.8, 4) is 28.3 Å². The summed E-state index contributed by atoms with van der Waals surface area (Å²) in [6.45, 7) is 31.2. The standard InChI is InChI=1S/C46H57N5O/c1-28(2)41-42(29(3)4)50-27-37(26-38(43(50)48-41)46(13,14)39-24-33(20-21-47-39)44(7,8)9)52-36-23-34(45(10,11)12)22-35(25-36)51-31(6)40(30(5)49-51)32-18-16-15-17-19-32/h15-29H,1-14H3. The molecule has 272 valence electrons. The number of nitrogens with zero attached hydrogens (tertiary/aromatic N) is 5. The van der Waals surface area contributed by atoms with Gasteiger partial charge in [-0.15, -0.1) is 0 Å². The van der Waals surface area contributed by atoms with E-state index in [1.54, 1.807) is 0 Å². The number of benzene rings is 2. The molecule has 6 rings (SSSR count). The monoisotopic (exact) mass is 695 g/mol. The Labute approximate surface area is 311 Å². The highest BCUT2D eigenvalue weighted by Crippen LogP contribution is 2.41. The molecule has 0 amide bonds. The Morgan fingerprint density at radius 1 is 0.712 bits per heavy atom. The molecule has 52 heavy (non-hydrogen) atoms. The predicted molar refractivity (Wildman–Crippen MR) is 216 cm³/mol. The third-order valence-electron chi connectivity index (χ3n) is 10.4. The van der Waals surface area contributed by atoms with Crippen LogP contribution in [0.4, 0.5) is 0 Å². The highest BCUT2D eigenvalue weighted by atomic mass is 16.5. The Balaban J connectivity index is 1.55. The van der Waals surface area contributed by atoms with Crippen LogP contribution in [-0.2, 0) is 16.2 Å². The van der Waals surface area contributed by atoms with Crippen LogP contribution < -0.4 is 4.74 Å². The molecule has 2 aromatic carbocycles. The van der Waals surface area contributed by atoms with Crippen LogP contribution in [0.1, 0.15) is 140 Å². The van der Waals surface area contributed by atoms with Gasteiger partial charge in [0.05, 0.1) is 29.0 Å². The van der Waals surface area contributed by atoms with Crippen molar-refractivity contribution in [2.45, 2.75) is 125 Å². The SMILES string of the molecule is Cc1nn(-c2cc(Oc3cc(C(C)(C)c4cc(C(C)(C)C)ccn4)c4nc(C(C)C)c(C(C)C)n4c3)cc(C(C)(C)C)c2)c(C)c1-c1ccccc1. The summed E-state index contributed by atoms with van der Waals surface area (Å²) in [4.78, 5) is 10.3. The highest BCUT2D eigenvalue weighted by molar-refractivity contribution is 5.69. The summed E-state index contributed by atoms with van der Waals surface area (Å²) in [5, 5.41) is 5.07. The van der Waals surface area contributed by atoms with Crippen LogP contribution in [0.15, 0.2) is 79.1 Å². The normalized spacial score (nSPS) is 12.8. The van der Waals surface area contributed by atoms with Gasteiger partial charge in [-0.2, -0.15) is 5.10 Å². The Bertz CT molecular complexity index is 2240. The van der Waals surface area contributed by atoms with Crippen molar-refractivity contribution in [3.05, 3.63) is 124 Å². The van der Waals surface area contributed by atoms with E-state index in [0.29, 0.717) is 0 Å². The summed E-state index contributed by atoms with van der Waals surface area (Å²) in [7, 11) is 0. The molecule has 0 radical (unpaired) electrons. The van der Waals surface area contributed by atoms with E-state index in [1.807, 2.05) is 6.20 Å². The number of aromatic nitrogens is 5. The van der Waals surface area contributed by atoms with Crippen molar-refractivity contribution in [3.63, 3.8) is 0 Å². The van der Waals surface area contributed by atoms with Crippen LogP contribution in [0.3, 0.4) is 0 Å². The average Bonchev–Trinajstić information content (AvgIpc) is 3.61. The zero-order chi connectivity index (χ0) is 37.9. The fourth-order valence-electron chi connectivity index (χ4n) is 7.30. The first kappa shape index (κ1) is 37.1. The van der Waals surface area contributed by atoms with Gasteiger partial charge in [0.2, 0.25) is 0 Å². The van der Waals surface area contributed by atoms with Gasteiger partial charge in [0.15, 0.2) is 0 Å². The van der Waals surface area contributed by atoms with Crippen molar-refractivity contribution in [1.29, 1.82) is 0 Å². The van der Waals surface area contributed by atoms with Crippen LogP contribution in [0.2, 0.25) is 0 Å². The number of hydrogen-bond acceptors (Lipinski definition) is 4. The lowest BCUT2D eigenvalue weighted by molar-refractivity contribution is 0.471. The first-order chi connectivity index (χ1) is 24.3. The Hall–Kier alpha value is -4.71. The second-order valence-corrected chi connectivity index (χ2v) is 17.7. The summed E-state index contributed by atoms with van der Waals surface area (Å²) >= 11 is 0. The number of imidazole rings is 1. The van der Waals surface area contributed by atoms with Crippen LogP contribution >= 0.6 is 0 Å². The fourth-order valence-corrected chi connectivity index (χ4v) is 7.30. The topological polar surface area (TPSA) is 57.2 Å². The van der Waals surface area contributed by atoms with Crippen LogP contribution in [0, 0.1) is 13.8 Å². The van der Waals surface area contributed by atoms with Gasteiger partial charge >= 0.3 is 0 Å². The maximum Gasteiger partial charge on any atom is 0.144 e. The smallest absolute Gasteiger partial charge is 0.144 e. The molecule has 6 nitrogen and oxygen atoms in total. The first-order valence-electron chi connectivity index (χ1n) is 18.8. The Kier molecular flexibility index (Phi) is 9.52. The van der Waals surface area contributed by atoms with Gasteiger partial charge in [0.1, 0.15) is 17.1 Å². The summed E-state index contributed by atoms with van der Waals surface area (Å²) in [5.74, 6) is 2.06. The minimum Gasteiger partial charge on any atom is -0.456 e. The molecule has 0 N–H and O–H groups in total. The molecule has 0 aliphatic carbocycles.